The summed E-state index contributed by atoms with van der Waals surface area (Å²) in [4.78, 5) is 23.0. The van der Waals surface area contributed by atoms with Gasteiger partial charge in [0.1, 0.15) is 0 Å². The van der Waals surface area contributed by atoms with Crippen LogP contribution >= 0.6 is 0 Å². The largest absolute Gasteiger partial charge is 0.333 e. The van der Waals surface area contributed by atoms with Gasteiger partial charge in [-0.15, -0.1) is 0 Å². The molecule has 0 unspecified atom stereocenters. The van der Waals surface area contributed by atoms with E-state index >= 15 is 0 Å². The van der Waals surface area contributed by atoms with E-state index in [1.165, 1.54) is 6.92 Å². The molecule has 4 nitrogen and oxygen atoms in total. The molecule has 0 radical (unpaired) electrons. The molecule has 0 fully saturated rings. The number of ketones is 1. The number of rotatable bonds is 5. The molecule has 0 spiro atoms. The summed E-state index contributed by atoms with van der Waals surface area (Å²) in [5.74, 6) is 0.0140. The van der Waals surface area contributed by atoms with E-state index in [4.69, 9.17) is 0 Å². The van der Waals surface area contributed by atoms with Crippen LogP contribution in [0.3, 0.4) is 0 Å². The molecular formula is C15H22N2O2. The Balaban J connectivity index is 2.59. The van der Waals surface area contributed by atoms with Crippen molar-refractivity contribution in [1.82, 2.24) is 5.32 Å². The fraction of sp³-hybridized carbons (Fsp3) is 0.467. The van der Waals surface area contributed by atoms with Crippen LogP contribution in [-0.2, 0) is 0 Å². The Labute approximate surface area is 114 Å². The van der Waals surface area contributed by atoms with Gasteiger partial charge >= 0.3 is 6.03 Å². The van der Waals surface area contributed by atoms with E-state index in [-0.39, 0.29) is 17.4 Å². The Bertz CT molecular complexity index is 450. The van der Waals surface area contributed by atoms with Crippen molar-refractivity contribution in [2.45, 2.75) is 46.1 Å². The topological polar surface area (TPSA) is 58.2 Å². The van der Waals surface area contributed by atoms with E-state index in [0.717, 1.165) is 12.8 Å². The number of Topliss-reactive ketones (excluding diaryl/α,β-unsaturated/α-hetero) is 1. The highest BCUT2D eigenvalue weighted by atomic mass is 16.2. The van der Waals surface area contributed by atoms with E-state index in [1.54, 1.807) is 24.3 Å². The SMILES string of the molecule is CCCC(C)(C)NC(=O)Nc1ccc(C(C)=O)cc1. The normalized spacial score (nSPS) is 10.9. The molecular weight excluding hydrogens is 240 g/mol. The summed E-state index contributed by atoms with van der Waals surface area (Å²) in [6.07, 6.45) is 1.93. The van der Waals surface area contributed by atoms with Crippen LogP contribution in [0.4, 0.5) is 10.5 Å². The first kappa shape index (κ1) is 15.2. The number of amides is 2. The van der Waals surface area contributed by atoms with Crippen molar-refractivity contribution in [3.05, 3.63) is 29.8 Å². The maximum atomic E-state index is 11.8. The minimum Gasteiger partial charge on any atom is -0.333 e. The van der Waals surface area contributed by atoms with E-state index in [0.29, 0.717) is 11.3 Å². The third kappa shape index (κ3) is 5.12. The van der Waals surface area contributed by atoms with Gasteiger partial charge in [0.15, 0.2) is 5.78 Å². The zero-order chi connectivity index (χ0) is 14.5. The molecule has 0 aliphatic rings. The number of carbonyl (C=O) groups excluding carboxylic acids is 2. The summed E-state index contributed by atoms with van der Waals surface area (Å²) in [5.41, 5.74) is 1.09. The summed E-state index contributed by atoms with van der Waals surface area (Å²) in [7, 11) is 0. The van der Waals surface area contributed by atoms with Crippen molar-refractivity contribution >= 4 is 17.5 Å². The quantitative estimate of drug-likeness (QED) is 0.797. The number of nitrogens with one attached hydrogen (secondary N) is 2. The molecule has 104 valence electrons. The number of carbonyl (C=O) groups is 2. The van der Waals surface area contributed by atoms with Gasteiger partial charge in [0.2, 0.25) is 0 Å². The van der Waals surface area contributed by atoms with Gasteiger partial charge in [0.25, 0.3) is 0 Å². The molecule has 0 atom stereocenters. The third-order valence-electron chi connectivity index (χ3n) is 2.88. The van der Waals surface area contributed by atoms with Gasteiger partial charge < -0.3 is 10.6 Å². The predicted octanol–water partition coefficient (Wildman–Crippen LogP) is 3.59. The van der Waals surface area contributed by atoms with Crippen molar-refractivity contribution in [3.8, 4) is 0 Å². The average Bonchev–Trinajstić information content (AvgIpc) is 2.28. The monoisotopic (exact) mass is 262 g/mol. The molecule has 0 bridgehead atoms. The first-order valence-corrected chi connectivity index (χ1v) is 6.54. The van der Waals surface area contributed by atoms with E-state index < -0.39 is 0 Å². The van der Waals surface area contributed by atoms with Crippen LogP contribution in [0.25, 0.3) is 0 Å². The van der Waals surface area contributed by atoms with Gasteiger partial charge in [-0.05, 0) is 51.5 Å². The molecule has 0 saturated heterocycles. The molecule has 0 aromatic heterocycles. The van der Waals surface area contributed by atoms with Crippen molar-refractivity contribution in [2.75, 3.05) is 5.32 Å². The minimum absolute atomic E-state index is 0.0140. The molecule has 0 aliphatic carbocycles. The van der Waals surface area contributed by atoms with Crippen LogP contribution in [0.1, 0.15) is 50.9 Å². The lowest BCUT2D eigenvalue weighted by Crippen LogP contribution is -2.45. The van der Waals surface area contributed by atoms with E-state index in [2.05, 4.69) is 17.6 Å². The Kier molecular flexibility index (Phi) is 5.10. The molecule has 0 heterocycles. The van der Waals surface area contributed by atoms with Gasteiger partial charge in [-0.25, -0.2) is 4.79 Å². The van der Waals surface area contributed by atoms with Crippen LogP contribution in [0.2, 0.25) is 0 Å². The summed E-state index contributed by atoms with van der Waals surface area (Å²) in [5, 5.41) is 5.69. The summed E-state index contributed by atoms with van der Waals surface area (Å²) >= 11 is 0. The number of anilines is 1. The fourth-order valence-corrected chi connectivity index (χ4v) is 1.95. The van der Waals surface area contributed by atoms with E-state index in [9.17, 15) is 9.59 Å². The summed E-state index contributed by atoms with van der Waals surface area (Å²) in [6.45, 7) is 7.59. The van der Waals surface area contributed by atoms with Crippen molar-refractivity contribution in [2.24, 2.45) is 0 Å². The molecule has 1 aromatic carbocycles. The average molecular weight is 262 g/mol. The number of urea groups is 1. The smallest absolute Gasteiger partial charge is 0.319 e. The molecule has 2 amide bonds. The van der Waals surface area contributed by atoms with Crippen LogP contribution < -0.4 is 10.6 Å². The van der Waals surface area contributed by atoms with Crippen LogP contribution in [0, 0.1) is 0 Å². The van der Waals surface area contributed by atoms with Gasteiger partial charge in [0, 0.05) is 16.8 Å². The summed E-state index contributed by atoms with van der Waals surface area (Å²) < 4.78 is 0. The Hall–Kier alpha value is -1.84. The van der Waals surface area contributed by atoms with E-state index in [1.807, 2.05) is 13.8 Å². The van der Waals surface area contributed by atoms with Crippen molar-refractivity contribution in [1.29, 1.82) is 0 Å². The van der Waals surface area contributed by atoms with Crippen LogP contribution in [0.15, 0.2) is 24.3 Å². The molecule has 19 heavy (non-hydrogen) atoms. The number of benzene rings is 1. The van der Waals surface area contributed by atoms with Gasteiger partial charge in [-0.3, -0.25) is 4.79 Å². The molecule has 0 saturated carbocycles. The minimum atomic E-state index is -0.228. The molecule has 1 rings (SSSR count). The third-order valence-corrected chi connectivity index (χ3v) is 2.88. The second kappa shape index (κ2) is 6.36. The van der Waals surface area contributed by atoms with Crippen LogP contribution in [-0.4, -0.2) is 17.4 Å². The Morgan fingerprint density at radius 3 is 2.21 bits per heavy atom. The van der Waals surface area contributed by atoms with Gasteiger partial charge in [0.05, 0.1) is 0 Å². The fourth-order valence-electron chi connectivity index (χ4n) is 1.95. The molecule has 2 N–H and O–H groups in total. The first-order valence-electron chi connectivity index (χ1n) is 6.54. The Morgan fingerprint density at radius 2 is 1.74 bits per heavy atom. The standard InChI is InChI=1S/C15H22N2O2/c1-5-10-15(3,4)17-14(19)16-13-8-6-12(7-9-13)11(2)18/h6-9H,5,10H2,1-4H3,(H2,16,17,19). The lowest BCUT2D eigenvalue weighted by molar-refractivity contribution is 0.101. The highest BCUT2D eigenvalue weighted by molar-refractivity contribution is 5.95. The van der Waals surface area contributed by atoms with Crippen LogP contribution in [0.5, 0.6) is 0 Å². The summed E-state index contributed by atoms with van der Waals surface area (Å²) in [6, 6.07) is 6.63. The van der Waals surface area contributed by atoms with Crippen molar-refractivity contribution < 1.29 is 9.59 Å². The zero-order valence-corrected chi connectivity index (χ0v) is 12.0. The van der Waals surface area contributed by atoms with Crippen molar-refractivity contribution in [3.63, 3.8) is 0 Å². The highest BCUT2D eigenvalue weighted by Gasteiger charge is 2.18. The molecule has 4 heteroatoms. The highest BCUT2D eigenvalue weighted by Crippen LogP contribution is 2.13. The van der Waals surface area contributed by atoms with Gasteiger partial charge in [-0.2, -0.15) is 0 Å². The maximum absolute atomic E-state index is 11.8. The lowest BCUT2D eigenvalue weighted by Gasteiger charge is -2.25. The number of hydrogen-bond acceptors (Lipinski definition) is 2. The predicted molar refractivity (Wildman–Crippen MR) is 77.6 cm³/mol. The first-order chi connectivity index (χ1) is 8.84. The van der Waals surface area contributed by atoms with Gasteiger partial charge in [-0.1, -0.05) is 13.3 Å². The molecule has 1 aromatic rings. The molecule has 0 aliphatic heterocycles. The lowest BCUT2D eigenvalue weighted by atomic mass is 9.99. The second-order valence-electron chi connectivity index (χ2n) is 5.35. The Morgan fingerprint density at radius 1 is 1.16 bits per heavy atom. The second-order valence-corrected chi connectivity index (χ2v) is 5.35. The zero-order valence-electron chi connectivity index (χ0n) is 12.0. The number of hydrogen-bond donors (Lipinski definition) is 2. The maximum Gasteiger partial charge on any atom is 0.319 e.